The Kier molecular flexibility index (Phi) is 2.88. The Hall–Kier alpha value is -2.21. The van der Waals surface area contributed by atoms with Crippen molar-refractivity contribution in [3.05, 3.63) is 53.0 Å². The van der Waals surface area contributed by atoms with Crippen LogP contribution in [0.15, 0.2) is 30.5 Å². The Morgan fingerprint density at radius 1 is 1.18 bits per heavy atom. The van der Waals surface area contributed by atoms with Gasteiger partial charge in [-0.3, -0.25) is 4.98 Å². The average molecular weight is 226 g/mol. The van der Waals surface area contributed by atoms with E-state index in [1.807, 2.05) is 26.0 Å². The molecule has 1 aromatic carbocycles. The molecule has 0 aliphatic heterocycles. The molecule has 0 fully saturated rings. The number of nitriles is 1. The van der Waals surface area contributed by atoms with Crippen LogP contribution >= 0.6 is 0 Å². The van der Waals surface area contributed by atoms with Crippen LogP contribution in [0.4, 0.5) is 4.39 Å². The van der Waals surface area contributed by atoms with Gasteiger partial charge in [0, 0.05) is 11.8 Å². The summed E-state index contributed by atoms with van der Waals surface area (Å²) in [6.07, 6.45) is 1.78. The third kappa shape index (κ3) is 2.16. The first-order valence-corrected chi connectivity index (χ1v) is 5.25. The first-order valence-electron chi connectivity index (χ1n) is 5.25. The minimum Gasteiger partial charge on any atom is -0.256 e. The van der Waals surface area contributed by atoms with Crippen LogP contribution in [0.3, 0.4) is 0 Å². The summed E-state index contributed by atoms with van der Waals surface area (Å²) >= 11 is 0. The number of rotatable bonds is 1. The van der Waals surface area contributed by atoms with E-state index in [1.165, 1.54) is 12.1 Å². The summed E-state index contributed by atoms with van der Waals surface area (Å²) in [5.41, 5.74) is 3.78. The molecule has 0 saturated heterocycles. The summed E-state index contributed by atoms with van der Waals surface area (Å²) in [5, 5.41) is 8.78. The highest BCUT2D eigenvalue weighted by atomic mass is 19.1. The van der Waals surface area contributed by atoms with E-state index in [9.17, 15) is 4.39 Å². The lowest BCUT2D eigenvalue weighted by atomic mass is 10.0. The molecule has 0 bridgehead atoms. The molecular weight excluding hydrogens is 215 g/mol. The van der Waals surface area contributed by atoms with Gasteiger partial charge < -0.3 is 0 Å². The lowest BCUT2D eigenvalue weighted by molar-refractivity contribution is 0.624. The molecule has 1 aromatic heterocycles. The van der Waals surface area contributed by atoms with E-state index in [-0.39, 0.29) is 5.56 Å². The molecule has 2 nitrogen and oxygen atoms in total. The second-order valence-electron chi connectivity index (χ2n) is 3.96. The Labute approximate surface area is 99.4 Å². The molecule has 17 heavy (non-hydrogen) atoms. The van der Waals surface area contributed by atoms with Gasteiger partial charge >= 0.3 is 0 Å². The van der Waals surface area contributed by atoms with Crippen molar-refractivity contribution in [3.8, 4) is 17.3 Å². The highest BCUT2D eigenvalue weighted by Gasteiger charge is 2.06. The third-order valence-corrected chi connectivity index (χ3v) is 2.76. The summed E-state index contributed by atoms with van der Waals surface area (Å²) in [4.78, 5) is 4.28. The molecule has 0 amide bonds. The topological polar surface area (TPSA) is 36.7 Å². The lowest BCUT2D eigenvalue weighted by Gasteiger charge is -2.05. The van der Waals surface area contributed by atoms with Crippen LogP contribution in [0.1, 0.15) is 16.7 Å². The van der Waals surface area contributed by atoms with Gasteiger partial charge in [-0.15, -0.1) is 0 Å². The summed E-state index contributed by atoms with van der Waals surface area (Å²) in [7, 11) is 0. The molecule has 0 atom stereocenters. The Morgan fingerprint density at radius 2 is 1.94 bits per heavy atom. The summed E-state index contributed by atoms with van der Waals surface area (Å²) in [6, 6.07) is 8.21. The number of hydrogen-bond donors (Lipinski definition) is 0. The van der Waals surface area contributed by atoms with Gasteiger partial charge in [-0.1, -0.05) is 0 Å². The quantitative estimate of drug-likeness (QED) is 0.747. The van der Waals surface area contributed by atoms with Gasteiger partial charge in [0.1, 0.15) is 11.9 Å². The molecule has 2 rings (SSSR count). The summed E-state index contributed by atoms with van der Waals surface area (Å²) in [6.45, 7) is 3.98. The smallest absolute Gasteiger partial charge is 0.140 e. The number of halogens is 1. The second-order valence-corrected chi connectivity index (χ2v) is 3.96. The SMILES string of the molecule is Cc1cnc(-c2ccc(F)c(C#N)c2)cc1C. The molecule has 0 aliphatic rings. The van der Waals surface area contributed by atoms with Crippen molar-refractivity contribution in [2.45, 2.75) is 13.8 Å². The zero-order valence-electron chi connectivity index (χ0n) is 9.66. The predicted molar refractivity (Wildman–Crippen MR) is 63.8 cm³/mol. The van der Waals surface area contributed by atoms with Gasteiger partial charge in [0.05, 0.1) is 11.3 Å². The van der Waals surface area contributed by atoms with Crippen LogP contribution < -0.4 is 0 Å². The van der Waals surface area contributed by atoms with Crippen LogP contribution in [0.2, 0.25) is 0 Å². The van der Waals surface area contributed by atoms with Crippen LogP contribution in [-0.2, 0) is 0 Å². The molecule has 0 spiro atoms. The van der Waals surface area contributed by atoms with Crippen molar-refractivity contribution in [2.75, 3.05) is 0 Å². The van der Waals surface area contributed by atoms with E-state index in [4.69, 9.17) is 5.26 Å². The predicted octanol–water partition coefficient (Wildman–Crippen LogP) is 3.38. The molecule has 0 N–H and O–H groups in total. The lowest BCUT2D eigenvalue weighted by Crippen LogP contribution is -1.90. The van der Waals surface area contributed by atoms with Crippen molar-refractivity contribution in [2.24, 2.45) is 0 Å². The molecule has 1 heterocycles. The van der Waals surface area contributed by atoms with E-state index >= 15 is 0 Å². The largest absolute Gasteiger partial charge is 0.256 e. The van der Waals surface area contributed by atoms with Gasteiger partial charge in [-0.2, -0.15) is 5.26 Å². The summed E-state index contributed by atoms with van der Waals surface area (Å²) < 4.78 is 13.2. The number of hydrogen-bond acceptors (Lipinski definition) is 2. The Morgan fingerprint density at radius 3 is 2.59 bits per heavy atom. The van der Waals surface area contributed by atoms with Crippen molar-refractivity contribution in [1.29, 1.82) is 5.26 Å². The third-order valence-electron chi connectivity index (χ3n) is 2.76. The van der Waals surface area contributed by atoms with E-state index < -0.39 is 5.82 Å². The van der Waals surface area contributed by atoms with Gasteiger partial charge in [0.25, 0.3) is 0 Å². The van der Waals surface area contributed by atoms with Gasteiger partial charge in [0.2, 0.25) is 0 Å². The van der Waals surface area contributed by atoms with Crippen LogP contribution in [-0.4, -0.2) is 4.98 Å². The summed E-state index contributed by atoms with van der Waals surface area (Å²) in [5.74, 6) is -0.500. The van der Waals surface area contributed by atoms with Crippen molar-refractivity contribution in [3.63, 3.8) is 0 Å². The maximum atomic E-state index is 13.2. The number of nitrogens with zero attached hydrogens (tertiary/aromatic N) is 2. The van der Waals surface area contributed by atoms with Crippen LogP contribution in [0.25, 0.3) is 11.3 Å². The first kappa shape index (κ1) is 11.3. The molecular formula is C14H11FN2. The zero-order valence-corrected chi connectivity index (χ0v) is 9.66. The van der Waals surface area contributed by atoms with Crippen LogP contribution in [0, 0.1) is 31.0 Å². The zero-order chi connectivity index (χ0) is 12.4. The van der Waals surface area contributed by atoms with E-state index in [0.717, 1.165) is 22.4 Å². The van der Waals surface area contributed by atoms with Crippen LogP contribution in [0.5, 0.6) is 0 Å². The van der Waals surface area contributed by atoms with E-state index in [1.54, 1.807) is 12.3 Å². The number of aryl methyl sites for hydroxylation is 2. The minimum absolute atomic E-state index is 0.0440. The first-order chi connectivity index (χ1) is 8.11. The molecule has 0 aliphatic carbocycles. The molecule has 0 radical (unpaired) electrons. The van der Waals surface area contributed by atoms with Gasteiger partial charge in [0.15, 0.2) is 0 Å². The standard InChI is InChI=1S/C14H11FN2/c1-9-5-14(17-8-10(9)2)11-3-4-13(15)12(6-11)7-16/h3-6,8H,1-2H3. The van der Waals surface area contributed by atoms with Crippen molar-refractivity contribution >= 4 is 0 Å². The molecule has 0 unspecified atom stereocenters. The van der Waals surface area contributed by atoms with Gasteiger partial charge in [-0.05, 0) is 49.2 Å². The fourth-order valence-electron chi connectivity index (χ4n) is 1.55. The highest BCUT2D eigenvalue weighted by Crippen LogP contribution is 2.21. The van der Waals surface area contributed by atoms with Crippen molar-refractivity contribution < 1.29 is 4.39 Å². The van der Waals surface area contributed by atoms with E-state index in [2.05, 4.69) is 4.98 Å². The Bertz CT molecular complexity index is 612. The van der Waals surface area contributed by atoms with Crippen molar-refractivity contribution in [1.82, 2.24) is 4.98 Å². The number of benzene rings is 1. The Balaban J connectivity index is 2.54. The maximum absolute atomic E-state index is 13.2. The highest BCUT2D eigenvalue weighted by molar-refractivity contribution is 5.62. The fraction of sp³-hybridized carbons (Fsp3) is 0.143. The van der Waals surface area contributed by atoms with E-state index in [0.29, 0.717) is 0 Å². The van der Waals surface area contributed by atoms with Gasteiger partial charge in [-0.25, -0.2) is 4.39 Å². The average Bonchev–Trinajstić information content (AvgIpc) is 2.33. The molecule has 0 saturated carbocycles. The second kappa shape index (κ2) is 4.34. The molecule has 3 heteroatoms. The number of pyridine rings is 1. The molecule has 84 valence electrons. The minimum atomic E-state index is -0.500. The number of aromatic nitrogens is 1. The fourth-order valence-corrected chi connectivity index (χ4v) is 1.55. The monoisotopic (exact) mass is 226 g/mol. The molecule has 2 aromatic rings. The maximum Gasteiger partial charge on any atom is 0.140 e. The normalized spacial score (nSPS) is 10.0.